The smallest absolute Gasteiger partial charge is 0.108 e. The second-order valence-electron chi connectivity index (χ2n) is 42.9. The van der Waals surface area contributed by atoms with E-state index in [1.54, 1.807) is 6.33 Å². The summed E-state index contributed by atoms with van der Waals surface area (Å²) in [5.74, 6) is 11.8. The van der Waals surface area contributed by atoms with E-state index in [1.165, 1.54) is 104 Å². The molecule has 0 spiro atoms. The lowest BCUT2D eigenvalue weighted by Gasteiger charge is -2.10. The Bertz CT molecular complexity index is 4860. The van der Waals surface area contributed by atoms with Gasteiger partial charge in [-0.1, -0.05) is 207 Å². The maximum Gasteiger partial charge on any atom is 0.108 e. The number of hydrogen-bond donors (Lipinski definition) is 6. The lowest BCUT2D eigenvalue weighted by molar-refractivity contribution is 0.579. The molecule has 16 nitrogen and oxygen atoms in total. The zero-order valence-electron chi connectivity index (χ0n) is 98.0. The van der Waals surface area contributed by atoms with Gasteiger partial charge >= 0.3 is 0 Å². The third-order valence-corrected chi connectivity index (χ3v) is 27.4. The predicted molar refractivity (Wildman–Crippen MR) is 628 cm³/mol. The molecule has 19 heteroatoms. The van der Waals surface area contributed by atoms with Crippen molar-refractivity contribution in [2.24, 2.45) is 7.05 Å². The average Bonchev–Trinajstić information content (AvgIpc) is 1.78. The van der Waals surface area contributed by atoms with E-state index in [4.69, 9.17) is 0 Å². The Morgan fingerprint density at radius 3 is 1.05 bits per heavy atom. The van der Waals surface area contributed by atoms with E-state index in [0.29, 0.717) is 113 Å². The van der Waals surface area contributed by atoms with Crippen LogP contribution in [0.4, 0.5) is 0 Å². The van der Waals surface area contributed by atoms with Crippen LogP contribution in [-0.2, 0) is 13.5 Å². The van der Waals surface area contributed by atoms with E-state index in [0.717, 1.165) is 23.9 Å². The Kier molecular flexibility index (Phi) is 63.5. The van der Waals surface area contributed by atoms with E-state index in [-0.39, 0.29) is 0 Å². The van der Waals surface area contributed by atoms with Crippen LogP contribution >= 0.6 is 34.0 Å². The number of aromatic nitrogens is 16. The molecule has 0 bridgehead atoms. The van der Waals surface area contributed by atoms with Crippen LogP contribution in [0.5, 0.6) is 0 Å². The van der Waals surface area contributed by atoms with Crippen molar-refractivity contribution in [2.45, 2.75) is 438 Å². The predicted octanol–water partition coefficient (Wildman–Crippen LogP) is 38.7. The summed E-state index contributed by atoms with van der Waals surface area (Å²) in [5.41, 5.74) is 18.4. The van der Waals surface area contributed by atoms with Crippen molar-refractivity contribution in [3.63, 3.8) is 0 Å². The highest BCUT2D eigenvalue weighted by Gasteiger charge is 2.13. The zero-order chi connectivity index (χ0) is 108. The number of imidazole rings is 4. The second-order valence-corrected chi connectivity index (χ2v) is 46.3. The van der Waals surface area contributed by atoms with Gasteiger partial charge in [-0.05, 0) is 332 Å². The molecule has 15 heterocycles. The standard InChI is InChI=1S/2C10H17N.C10H16S.C9H16N2.2C9H15N.C8H14N2.2C8H13N.C8H12S.C7H12N2.2C7H11N.C7H10S.C6H10N2/c1-8(2)10-5-6-11(7-10)9(3)4;2*1-7(2)9-5-6-10(11-9)8(3)4;1-6(2)8-5-10-9(11-8)7(3)4;1-7(2)10-6-8(3)5-9(10)4;1-4-9-6-5-7-10(9)8(2)3;1-6(2)8-5-9-7(3)10(8)4;1-7(2)9-5-4-8(3)6-9;2*1-6(2)8-5-4-7(3)9-8;1-5(2)7-4-8-6(3)9-7;1-7(2)8-5-3-4-6-8;2*1-6(2)7-4-3-5-8-7;1-5(2)6-3-7-4-8-6/h5-9H,1-4H3;5-8,11H,1-4H3;5-8H,1-4H3;5-7H,1-4H3,(H,10,11);5-7H,1-4H3;5-8H,4H2,1-3H3;5-6H,1-4H3;4-7H,1-3H3;4-6,9H,1-3H3;4-6H,1-3H3;4-5H,1-3H3,(H,8,9);3-7H,1-2H3;3-6,8H,1-2H3;3-6H,1-2H3;3-5H,1-2H3,(H,7,8). The van der Waals surface area contributed by atoms with Gasteiger partial charge in [0, 0.05) is 211 Å². The minimum Gasteiger partial charge on any atom is -0.365 e. The highest BCUT2D eigenvalue weighted by Crippen LogP contribution is 2.30. The highest BCUT2D eigenvalue weighted by molar-refractivity contribution is 7.12. The third kappa shape index (κ3) is 52.6. The van der Waals surface area contributed by atoms with Gasteiger partial charge in [-0.3, -0.25) is 0 Å². The molecule has 0 radical (unpaired) electrons. The van der Waals surface area contributed by atoms with Crippen LogP contribution in [0.1, 0.15) is 504 Å². The monoisotopic (exact) mass is 2000 g/mol. The molecule has 0 fully saturated rings. The average molecular weight is 2000 g/mol. The van der Waals surface area contributed by atoms with Crippen LogP contribution in [0.2, 0.25) is 0 Å². The quantitative estimate of drug-likeness (QED) is 0.0446. The van der Waals surface area contributed by atoms with Gasteiger partial charge < -0.3 is 57.3 Å². The molecule has 15 aromatic heterocycles. The van der Waals surface area contributed by atoms with Gasteiger partial charge in [-0.25, -0.2) is 19.9 Å². The first-order valence-electron chi connectivity index (χ1n) is 52.9. The molecule has 0 aliphatic heterocycles. The SMILES string of the molecule is CC(C)c1ccc(C(C)C)[nH]1.CC(C)c1ccc(C(C)C)s1.CC(C)c1ccc[nH]1.CC(C)c1cccs1.CC(C)c1ccn(C(C)C)c1.CC(C)c1cnc(C(C)C)[nH]1.CC(C)c1cnc[nH]1.CC(C)n1cccc1.CCc1cccn1C(C)C.Cc1cc(C)n(C(C)C)c1.Cc1ccc(C(C)C)[nH]1.Cc1ccc(C(C)C)s1.Cc1ccn(C(C)C)c1.Cc1ncc(C(C)C)[nH]1.Cc1ncc(C(C)C)n1C. The van der Waals surface area contributed by atoms with E-state index < -0.39 is 0 Å². The molecule has 0 unspecified atom stereocenters. The summed E-state index contributed by atoms with van der Waals surface area (Å²) >= 11 is 5.68. The van der Waals surface area contributed by atoms with Crippen molar-refractivity contribution in [2.75, 3.05) is 0 Å². The zero-order valence-corrected chi connectivity index (χ0v) is 100. The highest BCUT2D eigenvalue weighted by atomic mass is 32.1. The number of aryl methyl sites for hydroxylation is 8. The molecule has 6 N–H and O–H groups in total. The van der Waals surface area contributed by atoms with Gasteiger partial charge in [0.2, 0.25) is 0 Å². The fraction of sp³-hybridized carbons (Fsp3) is 0.545. The van der Waals surface area contributed by atoms with Gasteiger partial charge in [-0.2, -0.15) is 0 Å². The molecule has 0 atom stereocenters. The summed E-state index contributed by atoms with van der Waals surface area (Å²) in [6.45, 7) is 100. The fourth-order valence-corrected chi connectivity index (χ4v) is 16.2. The van der Waals surface area contributed by atoms with Crippen molar-refractivity contribution in [1.82, 2.24) is 77.2 Å². The van der Waals surface area contributed by atoms with Crippen LogP contribution in [0.3, 0.4) is 0 Å². The lowest BCUT2D eigenvalue weighted by atomic mass is 10.1. The van der Waals surface area contributed by atoms with E-state index in [9.17, 15) is 0 Å². The largest absolute Gasteiger partial charge is 0.365 e. The minimum atomic E-state index is 0.502. The first-order valence-corrected chi connectivity index (χ1v) is 55.4. The Balaban J connectivity index is 0.000000762. The van der Waals surface area contributed by atoms with Gasteiger partial charge in [0.25, 0.3) is 0 Å². The number of nitrogens with zero attached hydrogens (tertiary/aromatic N) is 10. The Hall–Kier alpha value is -9.82. The number of nitrogens with one attached hydrogen (secondary N) is 6. The molecular weight excluding hydrogens is 1800 g/mol. The van der Waals surface area contributed by atoms with Gasteiger partial charge in [0.1, 0.15) is 17.5 Å². The van der Waals surface area contributed by atoms with Gasteiger partial charge in [0.05, 0.1) is 6.33 Å². The van der Waals surface area contributed by atoms with E-state index in [2.05, 4.69) is 541 Å². The fourth-order valence-electron chi connectivity index (χ4n) is 13.5. The number of H-pyrrole nitrogens is 6. The maximum atomic E-state index is 4.28. The van der Waals surface area contributed by atoms with Crippen molar-refractivity contribution in [3.05, 3.63) is 329 Å². The van der Waals surface area contributed by atoms with E-state index in [1.807, 2.05) is 97.0 Å². The number of thiophene rings is 3. The Labute approximate surface area is 878 Å². The molecule has 15 aromatic rings. The van der Waals surface area contributed by atoms with Crippen molar-refractivity contribution in [3.8, 4) is 0 Å². The maximum absolute atomic E-state index is 4.28. The third-order valence-electron chi connectivity index (χ3n) is 23.3. The normalized spacial score (nSPS) is 10.9. The van der Waals surface area contributed by atoms with Crippen LogP contribution in [-0.4, -0.2) is 77.2 Å². The van der Waals surface area contributed by atoms with Crippen LogP contribution < -0.4 is 0 Å². The molecule has 0 saturated heterocycles. The van der Waals surface area contributed by atoms with Crippen LogP contribution in [0.25, 0.3) is 0 Å². The van der Waals surface area contributed by atoms with E-state index >= 15 is 0 Å². The summed E-state index contributed by atoms with van der Waals surface area (Å²) in [6.07, 6.45) is 29.5. The van der Waals surface area contributed by atoms with Gasteiger partial charge in [0.15, 0.2) is 0 Å². The Morgan fingerprint density at radius 2 is 0.810 bits per heavy atom. The Morgan fingerprint density at radius 1 is 0.324 bits per heavy atom. The molecule has 0 saturated carbocycles. The molecule has 15 rings (SSSR count). The summed E-state index contributed by atoms with van der Waals surface area (Å²) in [7, 11) is 2.05. The van der Waals surface area contributed by atoms with Crippen LogP contribution in [0.15, 0.2) is 208 Å². The number of hydrogen-bond acceptors (Lipinski definition) is 7. The molecule has 0 aliphatic rings. The summed E-state index contributed by atoms with van der Waals surface area (Å²) in [4.78, 5) is 43.2. The van der Waals surface area contributed by atoms with Crippen molar-refractivity contribution < 1.29 is 0 Å². The van der Waals surface area contributed by atoms with Crippen molar-refractivity contribution in [1.29, 1.82) is 0 Å². The molecular formula is C123H202N16S3. The first-order chi connectivity index (χ1) is 66.4. The van der Waals surface area contributed by atoms with Crippen molar-refractivity contribution >= 4 is 34.0 Å². The topological polar surface area (TPSA) is 176 Å². The molecule has 792 valence electrons. The minimum absolute atomic E-state index is 0.502. The number of aromatic amines is 6. The first kappa shape index (κ1) is 130. The van der Waals surface area contributed by atoms with Crippen LogP contribution in [0, 0.1) is 48.5 Å². The van der Waals surface area contributed by atoms with Gasteiger partial charge in [-0.15, -0.1) is 34.0 Å². The summed E-state index contributed by atoms with van der Waals surface area (Å²) < 4.78 is 13.3. The molecule has 0 aromatic carbocycles. The molecule has 142 heavy (non-hydrogen) atoms. The molecule has 0 aliphatic carbocycles. The number of rotatable bonds is 20. The second kappa shape index (κ2) is 69.2. The molecule has 0 amide bonds. The summed E-state index contributed by atoms with van der Waals surface area (Å²) in [6, 6.07) is 43.8. The lowest BCUT2D eigenvalue weighted by Crippen LogP contribution is -2.02. The summed E-state index contributed by atoms with van der Waals surface area (Å²) in [5, 5.41) is 2.12.